The summed E-state index contributed by atoms with van der Waals surface area (Å²) in [4.78, 5) is 4.10. The number of nitrogens with two attached hydrogens (primary N) is 1. The van der Waals surface area contributed by atoms with Crippen molar-refractivity contribution in [3.8, 4) is 0 Å². The van der Waals surface area contributed by atoms with Crippen LogP contribution in [-0.2, 0) is 17.8 Å². The van der Waals surface area contributed by atoms with Crippen LogP contribution in [0.1, 0.15) is 32.5 Å². The van der Waals surface area contributed by atoms with Crippen LogP contribution < -0.4 is 5.73 Å². The van der Waals surface area contributed by atoms with E-state index >= 15 is 0 Å². The maximum atomic E-state index is 5.74. The summed E-state index contributed by atoms with van der Waals surface area (Å²) in [5, 5.41) is 3.75. The first kappa shape index (κ1) is 11.1. The van der Waals surface area contributed by atoms with Gasteiger partial charge in [-0.3, -0.25) is 0 Å². The molecule has 0 bridgehead atoms. The summed E-state index contributed by atoms with van der Waals surface area (Å²) < 4.78 is 10.3. The highest BCUT2D eigenvalue weighted by Gasteiger charge is 2.11. The van der Waals surface area contributed by atoms with Gasteiger partial charge >= 0.3 is 0 Å². The zero-order chi connectivity index (χ0) is 10.6. The Kier molecular flexibility index (Phi) is 3.60. The Hall–Kier alpha value is -0.940. The second-order valence-corrected chi connectivity index (χ2v) is 3.94. The minimum absolute atomic E-state index is 0.322. The first-order chi connectivity index (χ1) is 6.51. The van der Waals surface area contributed by atoms with Gasteiger partial charge in [-0.25, -0.2) is 0 Å². The fourth-order valence-corrected chi connectivity index (χ4v) is 0.898. The molecule has 1 aromatic rings. The average molecular weight is 199 g/mol. The third-order valence-electron chi connectivity index (χ3n) is 1.52. The maximum Gasteiger partial charge on any atom is 0.226 e. The standard InChI is InChI=1S/C9H17N3O2/c1-4-8-11-7(12-14-8)5-13-6-9(2,3)10/h4-6,10H2,1-3H3. The van der Waals surface area contributed by atoms with Crippen molar-refractivity contribution < 1.29 is 9.26 Å². The molecule has 0 atom stereocenters. The molecule has 5 heteroatoms. The fraction of sp³-hybridized carbons (Fsp3) is 0.778. The first-order valence-electron chi connectivity index (χ1n) is 4.69. The zero-order valence-electron chi connectivity index (χ0n) is 8.91. The van der Waals surface area contributed by atoms with Crippen LogP contribution in [0.3, 0.4) is 0 Å². The minimum Gasteiger partial charge on any atom is -0.371 e. The van der Waals surface area contributed by atoms with Gasteiger partial charge in [0.05, 0.1) is 6.61 Å². The molecule has 1 heterocycles. The molecule has 2 N–H and O–H groups in total. The molecule has 0 radical (unpaired) electrons. The molecule has 0 unspecified atom stereocenters. The van der Waals surface area contributed by atoms with Gasteiger partial charge in [0.1, 0.15) is 6.61 Å². The van der Waals surface area contributed by atoms with E-state index in [1.165, 1.54) is 0 Å². The molecule has 0 aliphatic heterocycles. The van der Waals surface area contributed by atoms with Gasteiger partial charge in [-0.15, -0.1) is 0 Å². The van der Waals surface area contributed by atoms with Crippen molar-refractivity contribution in [3.05, 3.63) is 11.7 Å². The predicted octanol–water partition coefficient (Wildman–Crippen LogP) is 0.886. The van der Waals surface area contributed by atoms with Crippen molar-refractivity contribution >= 4 is 0 Å². The Labute approximate surface area is 83.6 Å². The van der Waals surface area contributed by atoms with Crippen LogP contribution in [0.5, 0.6) is 0 Å². The number of nitrogens with zero attached hydrogens (tertiary/aromatic N) is 2. The van der Waals surface area contributed by atoms with Crippen molar-refractivity contribution in [3.63, 3.8) is 0 Å². The van der Waals surface area contributed by atoms with Gasteiger partial charge in [-0.1, -0.05) is 12.1 Å². The van der Waals surface area contributed by atoms with E-state index in [4.69, 9.17) is 15.0 Å². The molecule has 0 aromatic carbocycles. The molecule has 0 spiro atoms. The van der Waals surface area contributed by atoms with E-state index in [0.29, 0.717) is 24.9 Å². The lowest BCUT2D eigenvalue weighted by Gasteiger charge is -2.17. The van der Waals surface area contributed by atoms with Crippen LogP contribution >= 0.6 is 0 Å². The lowest BCUT2D eigenvalue weighted by atomic mass is 10.1. The van der Waals surface area contributed by atoms with E-state index in [0.717, 1.165) is 6.42 Å². The predicted molar refractivity (Wildman–Crippen MR) is 51.6 cm³/mol. The van der Waals surface area contributed by atoms with Crippen LogP contribution in [0.2, 0.25) is 0 Å². The third kappa shape index (κ3) is 3.85. The Morgan fingerprint density at radius 3 is 2.71 bits per heavy atom. The van der Waals surface area contributed by atoms with Gasteiger partial charge in [0, 0.05) is 12.0 Å². The van der Waals surface area contributed by atoms with Crippen molar-refractivity contribution in [2.75, 3.05) is 6.61 Å². The van der Waals surface area contributed by atoms with E-state index in [1.54, 1.807) is 0 Å². The summed E-state index contributed by atoms with van der Waals surface area (Å²) in [5.41, 5.74) is 5.42. The van der Waals surface area contributed by atoms with Gasteiger partial charge in [-0.2, -0.15) is 4.98 Å². The normalized spacial score (nSPS) is 12.0. The molecule has 80 valence electrons. The van der Waals surface area contributed by atoms with Crippen LogP contribution in [0.15, 0.2) is 4.52 Å². The molecule has 0 fully saturated rings. The molecule has 0 amide bonds. The van der Waals surface area contributed by atoms with Crippen LogP contribution in [-0.4, -0.2) is 22.3 Å². The molecular formula is C9H17N3O2. The summed E-state index contributed by atoms with van der Waals surface area (Å²) >= 11 is 0. The Morgan fingerprint density at radius 1 is 1.50 bits per heavy atom. The number of ether oxygens (including phenoxy) is 1. The summed E-state index contributed by atoms with van der Waals surface area (Å²) in [7, 11) is 0. The number of hydrogen-bond acceptors (Lipinski definition) is 5. The van der Waals surface area contributed by atoms with Crippen LogP contribution in [0.4, 0.5) is 0 Å². The van der Waals surface area contributed by atoms with Crippen molar-refractivity contribution in [2.45, 2.75) is 39.3 Å². The van der Waals surface area contributed by atoms with Crippen molar-refractivity contribution in [1.82, 2.24) is 10.1 Å². The number of hydrogen-bond donors (Lipinski definition) is 1. The van der Waals surface area contributed by atoms with E-state index in [1.807, 2.05) is 20.8 Å². The smallest absolute Gasteiger partial charge is 0.226 e. The number of rotatable bonds is 5. The maximum absolute atomic E-state index is 5.74. The van der Waals surface area contributed by atoms with E-state index in [-0.39, 0.29) is 5.54 Å². The largest absolute Gasteiger partial charge is 0.371 e. The van der Waals surface area contributed by atoms with Gasteiger partial charge in [-0.05, 0) is 13.8 Å². The van der Waals surface area contributed by atoms with Crippen molar-refractivity contribution in [1.29, 1.82) is 0 Å². The molecule has 0 saturated carbocycles. The molecular weight excluding hydrogens is 182 g/mol. The zero-order valence-corrected chi connectivity index (χ0v) is 8.91. The monoisotopic (exact) mass is 199 g/mol. The first-order valence-corrected chi connectivity index (χ1v) is 4.69. The highest BCUT2D eigenvalue weighted by molar-refractivity contribution is 4.83. The Morgan fingerprint density at radius 2 is 2.21 bits per heavy atom. The number of aromatic nitrogens is 2. The average Bonchev–Trinajstić information content (AvgIpc) is 2.50. The lowest BCUT2D eigenvalue weighted by molar-refractivity contribution is 0.0794. The summed E-state index contributed by atoms with van der Waals surface area (Å²) in [5.74, 6) is 1.21. The second kappa shape index (κ2) is 4.52. The third-order valence-corrected chi connectivity index (χ3v) is 1.52. The number of aryl methyl sites for hydroxylation is 1. The molecule has 0 saturated heterocycles. The SMILES string of the molecule is CCc1nc(COCC(C)(C)N)no1. The molecule has 14 heavy (non-hydrogen) atoms. The minimum atomic E-state index is -0.322. The summed E-state index contributed by atoms with van der Waals surface area (Å²) in [6.45, 7) is 6.59. The van der Waals surface area contributed by atoms with Crippen molar-refractivity contribution in [2.24, 2.45) is 5.73 Å². The second-order valence-electron chi connectivity index (χ2n) is 3.94. The summed E-state index contributed by atoms with van der Waals surface area (Å²) in [6, 6.07) is 0. The highest BCUT2D eigenvalue weighted by atomic mass is 16.5. The highest BCUT2D eigenvalue weighted by Crippen LogP contribution is 2.02. The molecule has 1 aromatic heterocycles. The van der Waals surface area contributed by atoms with E-state index in [9.17, 15) is 0 Å². The van der Waals surface area contributed by atoms with Crippen LogP contribution in [0.25, 0.3) is 0 Å². The van der Waals surface area contributed by atoms with E-state index < -0.39 is 0 Å². The lowest BCUT2D eigenvalue weighted by Crippen LogP contribution is -2.37. The van der Waals surface area contributed by atoms with Gasteiger partial charge < -0.3 is 15.0 Å². The van der Waals surface area contributed by atoms with E-state index in [2.05, 4.69) is 10.1 Å². The van der Waals surface area contributed by atoms with Gasteiger partial charge in [0.15, 0.2) is 5.82 Å². The molecule has 0 aliphatic rings. The Balaban J connectivity index is 2.31. The topological polar surface area (TPSA) is 74.2 Å². The quantitative estimate of drug-likeness (QED) is 0.762. The summed E-state index contributed by atoms with van der Waals surface area (Å²) in [6.07, 6.45) is 0.745. The van der Waals surface area contributed by atoms with Crippen LogP contribution in [0, 0.1) is 0 Å². The van der Waals surface area contributed by atoms with Gasteiger partial charge in [0.25, 0.3) is 0 Å². The fourth-order valence-electron chi connectivity index (χ4n) is 0.898. The Bertz CT molecular complexity index is 278. The molecule has 1 rings (SSSR count). The molecule has 0 aliphatic carbocycles. The molecule has 5 nitrogen and oxygen atoms in total. The van der Waals surface area contributed by atoms with Gasteiger partial charge in [0.2, 0.25) is 5.89 Å².